The van der Waals surface area contributed by atoms with E-state index in [-0.39, 0.29) is 5.91 Å². The molecule has 158 valence electrons. The smallest absolute Gasteiger partial charge is 0.287 e. The molecule has 1 aliphatic rings. The molecule has 0 spiro atoms. The van der Waals surface area contributed by atoms with Crippen LogP contribution in [0.15, 0.2) is 105 Å². The van der Waals surface area contributed by atoms with Crippen molar-refractivity contribution in [3.8, 4) is 5.75 Å². The quantitative estimate of drug-likeness (QED) is 0.307. The maximum Gasteiger partial charge on any atom is 0.287 e. The Morgan fingerprint density at radius 2 is 1.44 bits per heavy atom. The topological polar surface area (TPSA) is 66.6 Å². The van der Waals surface area contributed by atoms with Crippen molar-refractivity contribution < 1.29 is 9.53 Å². The van der Waals surface area contributed by atoms with Crippen LogP contribution in [0.4, 0.5) is 0 Å². The molecule has 0 unspecified atom stereocenters. The molecule has 0 N–H and O–H groups in total. The van der Waals surface area contributed by atoms with Gasteiger partial charge in [-0.15, -0.1) is 5.10 Å². The third-order valence-corrected chi connectivity index (χ3v) is 5.42. The standard InChI is InChI=1S/C25H20N4O2S/c1-31-22-14-12-19(13-15-22)16-23-24(30)29(27-18-21-10-6-3-7-11-21)25(32-23)28-26-17-20-8-4-2-5-9-20/h2-18H,1H3/b23-16+,26-17-,27-18-,28-25-. The van der Waals surface area contributed by atoms with Gasteiger partial charge >= 0.3 is 0 Å². The van der Waals surface area contributed by atoms with Crippen LogP contribution in [-0.2, 0) is 4.79 Å². The number of carbonyl (C=O) groups is 1. The Hall–Kier alpha value is -3.97. The van der Waals surface area contributed by atoms with Crippen molar-refractivity contribution in [2.45, 2.75) is 0 Å². The highest BCUT2D eigenvalue weighted by Gasteiger charge is 2.33. The van der Waals surface area contributed by atoms with Gasteiger partial charge in [0.25, 0.3) is 5.91 Å². The molecule has 32 heavy (non-hydrogen) atoms. The first-order chi connectivity index (χ1) is 15.7. The lowest BCUT2D eigenvalue weighted by molar-refractivity contribution is -0.122. The second kappa shape index (κ2) is 10.4. The number of hydrazone groups is 1. The molecular weight excluding hydrogens is 420 g/mol. The molecule has 1 aliphatic heterocycles. The van der Waals surface area contributed by atoms with E-state index in [2.05, 4.69) is 15.3 Å². The Morgan fingerprint density at radius 3 is 2.06 bits per heavy atom. The van der Waals surface area contributed by atoms with E-state index in [9.17, 15) is 4.79 Å². The van der Waals surface area contributed by atoms with Gasteiger partial charge in [0, 0.05) is 0 Å². The van der Waals surface area contributed by atoms with Crippen LogP contribution in [0.2, 0.25) is 0 Å². The number of nitrogens with zero attached hydrogens (tertiary/aromatic N) is 4. The molecule has 1 saturated heterocycles. The minimum atomic E-state index is -0.258. The second-order valence-electron chi connectivity index (χ2n) is 6.69. The van der Waals surface area contributed by atoms with Crippen molar-refractivity contribution in [2.75, 3.05) is 7.11 Å². The molecule has 0 atom stereocenters. The Morgan fingerprint density at radius 1 is 0.812 bits per heavy atom. The summed E-state index contributed by atoms with van der Waals surface area (Å²) in [6.07, 6.45) is 5.08. The Kier molecular flexibility index (Phi) is 6.89. The lowest BCUT2D eigenvalue weighted by Gasteiger charge is -2.06. The van der Waals surface area contributed by atoms with Gasteiger partial charge in [-0.05, 0) is 46.7 Å². The van der Waals surface area contributed by atoms with E-state index >= 15 is 0 Å². The number of methoxy groups -OCH3 is 1. The van der Waals surface area contributed by atoms with Gasteiger partial charge in [0.15, 0.2) is 0 Å². The summed E-state index contributed by atoms with van der Waals surface area (Å²) in [5.41, 5.74) is 2.67. The third kappa shape index (κ3) is 5.39. The average Bonchev–Trinajstić information content (AvgIpc) is 3.13. The zero-order valence-electron chi connectivity index (χ0n) is 17.3. The van der Waals surface area contributed by atoms with Crippen LogP contribution in [-0.4, -0.2) is 35.6 Å². The zero-order valence-corrected chi connectivity index (χ0v) is 18.1. The van der Waals surface area contributed by atoms with E-state index in [0.29, 0.717) is 10.1 Å². The van der Waals surface area contributed by atoms with E-state index < -0.39 is 0 Å². The van der Waals surface area contributed by atoms with Gasteiger partial charge < -0.3 is 4.74 Å². The van der Waals surface area contributed by atoms with E-state index in [4.69, 9.17) is 4.74 Å². The summed E-state index contributed by atoms with van der Waals surface area (Å²) < 4.78 is 5.19. The number of carbonyl (C=O) groups excluding carboxylic acids is 1. The van der Waals surface area contributed by atoms with Crippen LogP contribution in [0.1, 0.15) is 16.7 Å². The molecule has 0 bridgehead atoms. The minimum absolute atomic E-state index is 0.258. The Bertz CT molecular complexity index is 1190. The fourth-order valence-electron chi connectivity index (χ4n) is 2.83. The van der Waals surface area contributed by atoms with Crippen molar-refractivity contribution in [2.24, 2.45) is 15.3 Å². The molecule has 1 fully saturated rings. The summed E-state index contributed by atoms with van der Waals surface area (Å²) in [7, 11) is 1.62. The number of thioether (sulfide) groups is 1. The lowest BCUT2D eigenvalue weighted by Crippen LogP contribution is -2.23. The summed E-state index contributed by atoms with van der Waals surface area (Å²) >= 11 is 1.23. The summed E-state index contributed by atoms with van der Waals surface area (Å²) in [5, 5.41) is 14.4. The number of benzene rings is 3. The van der Waals surface area contributed by atoms with Crippen LogP contribution in [0.25, 0.3) is 6.08 Å². The molecule has 6 nitrogen and oxygen atoms in total. The van der Waals surface area contributed by atoms with E-state index in [1.54, 1.807) is 25.6 Å². The SMILES string of the molecule is COc1ccc(/C=C2/S/C(=N\N=C/c3ccccc3)N(/N=C\c3ccccc3)C2=O)cc1. The van der Waals surface area contributed by atoms with Crippen molar-refractivity contribution in [3.05, 3.63) is 107 Å². The predicted octanol–water partition coefficient (Wildman–Crippen LogP) is 5.04. The normalized spacial score (nSPS) is 16.7. The average molecular weight is 441 g/mol. The molecule has 0 radical (unpaired) electrons. The highest BCUT2D eigenvalue weighted by Crippen LogP contribution is 2.33. The summed E-state index contributed by atoms with van der Waals surface area (Å²) in [6.45, 7) is 0. The summed E-state index contributed by atoms with van der Waals surface area (Å²) in [6, 6.07) is 26.7. The molecule has 3 aromatic rings. The lowest BCUT2D eigenvalue weighted by atomic mass is 10.2. The fraction of sp³-hybridized carbons (Fsp3) is 0.0400. The highest BCUT2D eigenvalue weighted by molar-refractivity contribution is 8.18. The van der Waals surface area contributed by atoms with Gasteiger partial charge in [0.05, 0.1) is 24.4 Å². The van der Waals surface area contributed by atoms with Crippen LogP contribution in [0, 0.1) is 0 Å². The minimum Gasteiger partial charge on any atom is -0.497 e. The number of ether oxygens (including phenoxy) is 1. The number of amides is 1. The van der Waals surface area contributed by atoms with Crippen LogP contribution in [0.3, 0.4) is 0 Å². The molecule has 0 saturated carbocycles. The van der Waals surface area contributed by atoms with Crippen molar-refractivity contribution in [1.82, 2.24) is 5.01 Å². The second-order valence-corrected chi connectivity index (χ2v) is 7.70. The van der Waals surface area contributed by atoms with Gasteiger partial charge in [-0.2, -0.15) is 15.2 Å². The van der Waals surface area contributed by atoms with Crippen molar-refractivity contribution in [1.29, 1.82) is 0 Å². The number of amidine groups is 1. The molecule has 0 aliphatic carbocycles. The van der Waals surface area contributed by atoms with Crippen molar-refractivity contribution in [3.63, 3.8) is 0 Å². The maximum atomic E-state index is 13.1. The zero-order chi connectivity index (χ0) is 22.2. The molecule has 4 rings (SSSR count). The molecule has 0 aromatic heterocycles. The monoisotopic (exact) mass is 440 g/mol. The van der Waals surface area contributed by atoms with Gasteiger partial charge in [-0.3, -0.25) is 4.79 Å². The van der Waals surface area contributed by atoms with Crippen molar-refractivity contribution >= 4 is 41.3 Å². The molecular formula is C25H20N4O2S. The number of hydrogen-bond acceptors (Lipinski definition) is 6. The van der Waals surface area contributed by atoms with Gasteiger partial charge in [-0.25, -0.2) is 0 Å². The van der Waals surface area contributed by atoms with Crippen LogP contribution < -0.4 is 4.74 Å². The molecule has 1 amide bonds. The van der Waals surface area contributed by atoms with Gasteiger partial charge in [0.2, 0.25) is 5.17 Å². The highest BCUT2D eigenvalue weighted by atomic mass is 32.2. The van der Waals surface area contributed by atoms with E-state index in [1.165, 1.54) is 16.8 Å². The largest absolute Gasteiger partial charge is 0.497 e. The molecule has 3 aromatic carbocycles. The summed E-state index contributed by atoms with van der Waals surface area (Å²) in [5.74, 6) is 0.496. The molecule has 7 heteroatoms. The van der Waals surface area contributed by atoms with E-state index in [1.807, 2.05) is 84.9 Å². The van der Waals surface area contributed by atoms with Gasteiger partial charge in [0.1, 0.15) is 5.75 Å². The van der Waals surface area contributed by atoms with E-state index in [0.717, 1.165) is 22.4 Å². The number of rotatable bonds is 6. The Labute approximate surface area is 190 Å². The first kappa shape index (κ1) is 21.3. The first-order valence-electron chi connectivity index (χ1n) is 9.86. The number of hydrogen-bond donors (Lipinski definition) is 0. The third-order valence-electron chi connectivity index (χ3n) is 4.47. The van der Waals surface area contributed by atoms with Crippen LogP contribution in [0.5, 0.6) is 5.75 Å². The summed E-state index contributed by atoms with van der Waals surface area (Å²) in [4.78, 5) is 13.6. The van der Waals surface area contributed by atoms with Crippen LogP contribution >= 0.6 is 11.8 Å². The molecule has 1 heterocycles. The maximum absolute atomic E-state index is 13.1. The van der Waals surface area contributed by atoms with Gasteiger partial charge in [-0.1, -0.05) is 72.8 Å². The first-order valence-corrected chi connectivity index (χ1v) is 10.7. The predicted molar refractivity (Wildman–Crippen MR) is 131 cm³/mol. The Balaban J connectivity index is 1.62. The fourth-order valence-corrected chi connectivity index (χ4v) is 3.70.